The van der Waals surface area contributed by atoms with Gasteiger partial charge in [0.05, 0.1) is 6.04 Å². The van der Waals surface area contributed by atoms with Crippen LogP contribution < -0.4 is 11.1 Å². The molecule has 0 spiro atoms. The van der Waals surface area contributed by atoms with E-state index in [-0.39, 0.29) is 6.04 Å². The Hall–Kier alpha value is -1.94. The quantitative estimate of drug-likeness (QED) is 0.820. The molecular formula is C14H14F2N2. The van der Waals surface area contributed by atoms with Gasteiger partial charge in [0, 0.05) is 5.69 Å². The van der Waals surface area contributed by atoms with Gasteiger partial charge in [0.15, 0.2) is 11.6 Å². The summed E-state index contributed by atoms with van der Waals surface area (Å²) in [5, 5.41) is 3.07. The van der Waals surface area contributed by atoms with Gasteiger partial charge < -0.3 is 11.1 Å². The highest BCUT2D eigenvalue weighted by Gasteiger charge is 2.13. The van der Waals surface area contributed by atoms with Crippen molar-refractivity contribution >= 4 is 5.69 Å². The second-order valence-electron chi connectivity index (χ2n) is 4.06. The number of hydrogen-bond acceptors (Lipinski definition) is 2. The molecule has 0 aromatic heterocycles. The summed E-state index contributed by atoms with van der Waals surface area (Å²) in [5.74, 6) is -1.69. The summed E-state index contributed by atoms with van der Waals surface area (Å²) in [5.41, 5.74) is 7.90. The largest absolute Gasteiger partial charge is 0.399 e. The molecule has 0 heterocycles. The highest BCUT2D eigenvalue weighted by Crippen LogP contribution is 2.23. The number of rotatable bonds is 3. The highest BCUT2D eigenvalue weighted by molar-refractivity contribution is 5.42. The van der Waals surface area contributed by atoms with Crippen LogP contribution in [-0.2, 0) is 0 Å². The van der Waals surface area contributed by atoms with Crippen molar-refractivity contribution in [3.63, 3.8) is 0 Å². The molecule has 1 unspecified atom stereocenters. The molecule has 0 saturated heterocycles. The van der Waals surface area contributed by atoms with Crippen LogP contribution in [-0.4, -0.2) is 7.05 Å². The smallest absolute Gasteiger partial charge is 0.159 e. The molecule has 3 N–H and O–H groups in total. The molecule has 0 amide bonds. The number of anilines is 1. The Kier molecular flexibility index (Phi) is 3.58. The number of nitrogen functional groups attached to an aromatic ring is 1. The van der Waals surface area contributed by atoms with Crippen molar-refractivity contribution in [2.24, 2.45) is 0 Å². The van der Waals surface area contributed by atoms with Gasteiger partial charge in [0.1, 0.15) is 0 Å². The lowest BCUT2D eigenvalue weighted by Crippen LogP contribution is -2.18. The maximum atomic E-state index is 13.2. The van der Waals surface area contributed by atoms with Gasteiger partial charge in [-0.1, -0.05) is 18.2 Å². The van der Waals surface area contributed by atoms with E-state index in [0.29, 0.717) is 11.3 Å². The summed E-state index contributed by atoms with van der Waals surface area (Å²) in [6.07, 6.45) is 0. The summed E-state index contributed by atoms with van der Waals surface area (Å²) >= 11 is 0. The van der Waals surface area contributed by atoms with Gasteiger partial charge in [0.25, 0.3) is 0 Å². The van der Waals surface area contributed by atoms with E-state index in [0.717, 1.165) is 11.6 Å². The summed E-state index contributed by atoms with van der Waals surface area (Å²) in [6, 6.07) is 11.0. The number of nitrogens with one attached hydrogen (secondary N) is 1. The van der Waals surface area contributed by atoms with Crippen molar-refractivity contribution < 1.29 is 8.78 Å². The first kappa shape index (κ1) is 12.5. The lowest BCUT2D eigenvalue weighted by Gasteiger charge is -2.17. The van der Waals surface area contributed by atoms with Crippen molar-refractivity contribution in [2.75, 3.05) is 12.8 Å². The standard InChI is InChI=1S/C14H14F2N2/c1-18-14(9-2-5-11(17)6-3-9)10-4-7-12(15)13(16)8-10/h2-8,14,18H,17H2,1H3. The Morgan fingerprint density at radius 3 is 2.11 bits per heavy atom. The predicted octanol–water partition coefficient (Wildman–Crippen LogP) is 2.86. The topological polar surface area (TPSA) is 38.0 Å². The van der Waals surface area contributed by atoms with E-state index in [1.54, 1.807) is 25.2 Å². The van der Waals surface area contributed by atoms with Crippen LogP contribution in [0.4, 0.5) is 14.5 Å². The highest BCUT2D eigenvalue weighted by atomic mass is 19.2. The number of halogens is 2. The average Bonchev–Trinajstić information content (AvgIpc) is 2.37. The Morgan fingerprint density at radius 1 is 0.944 bits per heavy atom. The van der Waals surface area contributed by atoms with Gasteiger partial charge in [-0.25, -0.2) is 8.78 Å². The van der Waals surface area contributed by atoms with E-state index in [1.807, 2.05) is 12.1 Å². The van der Waals surface area contributed by atoms with Gasteiger partial charge in [0.2, 0.25) is 0 Å². The SMILES string of the molecule is CNC(c1ccc(N)cc1)c1ccc(F)c(F)c1. The van der Waals surface area contributed by atoms with Gasteiger partial charge >= 0.3 is 0 Å². The summed E-state index contributed by atoms with van der Waals surface area (Å²) in [4.78, 5) is 0. The minimum atomic E-state index is -0.844. The zero-order chi connectivity index (χ0) is 13.1. The van der Waals surface area contributed by atoms with Crippen LogP contribution >= 0.6 is 0 Å². The number of hydrogen-bond donors (Lipinski definition) is 2. The van der Waals surface area contributed by atoms with Gasteiger partial charge in [-0.2, -0.15) is 0 Å². The van der Waals surface area contributed by atoms with Crippen LogP contribution in [0, 0.1) is 11.6 Å². The Labute approximate surface area is 104 Å². The fraction of sp³-hybridized carbons (Fsp3) is 0.143. The van der Waals surface area contributed by atoms with E-state index in [1.165, 1.54) is 6.07 Å². The Balaban J connectivity index is 2.38. The van der Waals surface area contributed by atoms with Crippen molar-refractivity contribution in [3.05, 3.63) is 65.2 Å². The lowest BCUT2D eigenvalue weighted by molar-refractivity contribution is 0.505. The molecule has 2 nitrogen and oxygen atoms in total. The van der Waals surface area contributed by atoms with Crippen LogP contribution in [0.3, 0.4) is 0 Å². The molecule has 0 saturated carbocycles. The summed E-state index contributed by atoms with van der Waals surface area (Å²) < 4.78 is 26.1. The average molecular weight is 248 g/mol. The summed E-state index contributed by atoms with van der Waals surface area (Å²) in [6.45, 7) is 0. The molecule has 0 aliphatic carbocycles. The van der Waals surface area contributed by atoms with Gasteiger partial charge in [-0.05, 0) is 42.4 Å². The molecule has 18 heavy (non-hydrogen) atoms. The molecule has 0 aliphatic heterocycles. The molecular weight excluding hydrogens is 234 g/mol. The molecule has 1 atom stereocenters. The Bertz CT molecular complexity index is 538. The molecule has 2 rings (SSSR count). The number of benzene rings is 2. The van der Waals surface area contributed by atoms with E-state index in [2.05, 4.69) is 5.32 Å². The van der Waals surface area contributed by atoms with E-state index >= 15 is 0 Å². The van der Waals surface area contributed by atoms with Gasteiger partial charge in [-0.3, -0.25) is 0 Å². The molecule has 0 fully saturated rings. The fourth-order valence-corrected chi connectivity index (χ4v) is 1.91. The molecule has 2 aromatic rings. The molecule has 4 heteroatoms. The maximum Gasteiger partial charge on any atom is 0.159 e. The van der Waals surface area contributed by atoms with Crippen molar-refractivity contribution in [3.8, 4) is 0 Å². The monoisotopic (exact) mass is 248 g/mol. The third-order valence-corrected chi connectivity index (χ3v) is 2.84. The third-order valence-electron chi connectivity index (χ3n) is 2.84. The van der Waals surface area contributed by atoms with Crippen LogP contribution in [0.25, 0.3) is 0 Å². The molecule has 0 aliphatic rings. The lowest BCUT2D eigenvalue weighted by atomic mass is 9.98. The Morgan fingerprint density at radius 2 is 1.56 bits per heavy atom. The van der Waals surface area contributed by atoms with Crippen molar-refractivity contribution in [2.45, 2.75) is 6.04 Å². The van der Waals surface area contributed by atoms with Crippen molar-refractivity contribution in [1.82, 2.24) is 5.32 Å². The molecule has 0 bridgehead atoms. The summed E-state index contributed by atoms with van der Waals surface area (Å²) in [7, 11) is 1.77. The zero-order valence-electron chi connectivity index (χ0n) is 9.95. The van der Waals surface area contributed by atoms with E-state index < -0.39 is 11.6 Å². The fourth-order valence-electron chi connectivity index (χ4n) is 1.91. The van der Waals surface area contributed by atoms with Crippen LogP contribution in [0.15, 0.2) is 42.5 Å². The van der Waals surface area contributed by atoms with Crippen molar-refractivity contribution in [1.29, 1.82) is 0 Å². The first-order valence-corrected chi connectivity index (χ1v) is 5.59. The zero-order valence-corrected chi connectivity index (χ0v) is 9.95. The van der Waals surface area contributed by atoms with Crippen LogP contribution in [0.1, 0.15) is 17.2 Å². The van der Waals surface area contributed by atoms with E-state index in [9.17, 15) is 8.78 Å². The second-order valence-corrected chi connectivity index (χ2v) is 4.06. The molecule has 0 radical (unpaired) electrons. The van der Waals surface area contributed by atoms with Crippen LogP contribution in [0.2, 0.25) is 0 Å². The maximum absolute atomic E-state index is 13.2. The van der Waals surface area contributed by atoms with Crippen LogP contribution in [0.5, 0.6) is 0 Å². The minimum absolute atomic E-state index is 0.194. The predicted molar refractivity (Wildman–Crippen MR) is 68.1 cm³/mol. The first-order valence-electron chi connectivity index (χ1n) is 5.59. The molecule has 2 aromatic carbocycles. The third kappa shape index (κ3) is 2.49. The second kappa shape index (κ2) is 5.14. The molecule has 94 valence electrons. The first-order chi connectivity index (χ1) is 8.61. The minimum Gasteiger partial charge on any atom is -0.399 e. The number of nitrogens with two attached hydrogens (primary N) is 1. The van der Waals surface area contributed by atoms with E-state index in [4.69, 9.17) is 5.73 Å². The van der Waals surface area contributed by atoms with Gasteiger partial charge in [-0.15, -0.1) is 0 Å². The normalized spacial score (nSPS) is 12.4.